The van der Waals surface area contributed by atoms with Crippen LogP contribution in [0.15, 0.2) is 22.8 Å². The summed E-state index contributed by atoms with van der Waals surface area (Å²) in [5.41, 5.74) is 0.493. The number of rotatable bonds is 0. The summed E-state index contributed by atoms with van der Waals surface area (Å²) in [4.78, 5) is 13.4. The zero-order valence-corrected chi connectivity index (χ0v) is 4.22. The van der Waals surface area contributed by atoms with E-state index in [2.05, 4.69) is 11.2 Å². The van der Waals surface area contributed by atoms with Gasteiger partial charge in [0.2, 0.25) is 0 Å². The van der Waals surface area contributed by atoms with Crippen LogP contribution >= 0.6 is 0 Å². The Morgan fingerprint density at radius 2 is 2.75 bits per heavy atom. The molecular weight excluding hydrogens is 102 g/mol. The first-order valence-corrected chi connectivity index (χ1v) is 2.28. The van der Waals surface area contributed by atoms with Crippen molar-refractivity contribution in [3.05, 3.63) is 17.8 Å². The predicted octanol–water partition coefficient (Wildman–Crippen LogP) is 0.610. The minimum atomic E-state index is 0.493. The molecule has 39 valence electrons. The first kappa shape index (κ1) is 5.01. The molecule has 0 bridgehead atoms. The molecule has 1 aliphatic heterocycles. The lowest BCUT2D eigenvalue weighted by Crippen LogP contribution is -1.86. The van der Waals surface area contributed by atoms with E-state index in [9.17, 15) is 4.79 Å². The van der Waals surface area contributed by atoms with Crippen molar-refractivity contribution in [1.82, 2.24) is 0 Å². The molecule has 0 atom stereocenters. The number of carbonyl (C=O) groups excluding carboxylic acids is 1. The van der Waals surface area contributed by atoms with Crippen molar-refractivity contribution in [2.75, 3.05) is 0 Å². The van der Waals surface area contributed by atoms with Crippen LogP contribution in [0.5, 0.6) is 0 Å². The minimum absolute atomic E-state index is 0.493. The Morgan fingerprint density at radius 3 is 3.12 bits per heavy atom. The summed E-state index contributed by atoms with van der Waals surface area (Å²) in [6.07, 6.45) is 6.52. The van der Waals surface area contributed by atoms with E-state index < -0.39 is 0 Å². The summed E-state index contributed by atoms with van der Waals surface area (Å²) >= 11 is 0. The largest absolute Gasteiger partial charge is 0.254 e. The molecule has 0 saturated carbocycles. The summed E-state index contributed by atoms with van der Waals surface area (Å²) in [5.74, 6) is 1.71. The van der Waals surface area contributed by atoms with Crippen molar-refractivity contribution in [1.29, 1.82) is 0 Å². The minimum Gasteiger partial charge on any atom is -0.254 e. The molecule has 2 heteroatoms. The summed E-state index contributed by atoms with van der Waals surface area (Å²) in [6, 6.07) is 0. The molecule has 0 aromatic rings. The molecule has 0 saturated heterocycles. The van der Waals surface area contributed by atoms with Crippen LogP contribution < -0.4 is 0 Å². The van der Waals surface area contributed by atoms with Crippen LogP contribution in [0.3, 0.4) is 0 Å². The van der Waals surface area contributed by atoms with E-state index in [1.165, 1.54) is 0 Å². The predicted molar refractivity (Wildman–Crippen MR) is 30.4 cm³/mol. The third kappa shape index (κ3) is 0.922. The second kappa shape index (κ2) is 2.24. The van der Waals surface area contributed by atoms with E-state index in [1.807, 2.05) is 0 Å². The maximum Gasteiger partial charge on any atom is 0.130 e. The average molecular weight is 106 g/mol. The van der Waals surface area contributed by atoms with Crippen LogP contribution in [0, 0.1) is 0 Å². The Kier molecular flexibility index (Phi) is 1.40. The monoisotopic (exact) mass is 106 g/mol. The number of nitrogens with zero attached hydrogens (tertiary/aromatic N) is 1. The van der Waals surface area contributed by atoms with Crippen molar-refractivity contribution in [2.45, 2.75) is 6.42 Å². The molecule has 0 unspecified atom stereocenters. The second-order valence-electron chi connectivity index (χ2n) is 1.41. The molecule has 0 spiro atoms. The summed E-state index contributed by atoms with van der Waals surface area (Å²) in [7, 11) is 0. The van der Waals surface area contributed by atoms with Crippen molar-refractivity contribution < 1.29 is 4.79 Å². The highest BCUT2D eigenvalue weighted by Crippen LogP contribution is 1.99. The SMILES string of the molecule is O=C=C1[C]=NC=CC1. The van der Waals surface area contributed by atoms with Crippen molar-refractivity contribution >= 4 is 12.2 Å². The molecule has 1 aliphatic rings. The smallest absolute Gasteiger partial charge is 0.130 e. The molecule has 0 N–H and O–H groups in total. The first-order valence-electron chi connectivity index (χ1n) is 2.28. The fourth-order valence-corrected chi connectivity index (χ4v) is 0.449. The molecule has 1 radical (unpaired) electrons. The highest BCUT2D eigenvalue weighted by molar-refractivity contribution is 5.90. The molecule has 0 aliphatic carbocycles. The zero-order chi connectivity index (χ0) is 5.82. The molecule has 8 heavy (non-hydrogen) atoms. The van der Waals surface area contributed by atoms with E-state index in [-0.39, 0.29) is 0 Å². The van der Waals surface area contributed by atoms with E-state index in [0.717, 1.165) is 0 Å². The molecule has 0 amide bonds. The highest BCUT2D eigenvalue weighted by Gasteiger charge is 1.93. The Bertz CT molecular complexity index is 185. The van der Waals surface area contributed by atoms with Gasteiger partial charge in [-0.15, -0.1) is 0 Å². The number of hydrogen-bond donors (Lipinski definition) is 0. The van der Waals surface area contributed by atoms with Gasteiger partial charge in [0, 0.05) is 12.6 Å². The van der Waals surface area contributed by atoms with E-state index in [0.29, 0.717) is 12.0 Å². The van der Waals surface area contributed by atoms with Crippen LogP contribution in [-0.2, 0) is 4.79 Å². The fourth-order valence-electron chi connectivity index (χ4n) is 0.449. The normalized spacial score (nSPS) is 16.2. The molecule has 0 aromatic heterocycles. The summed E-state index contributed by atoms with van der Waals surface area (Å²) < 4.78 is 0. The fraction of sp³-hybridized carbons (Fsp3) is 0.167. The van der Waals surface area contributed by atoms with Crippen LogP contribution in [0.2, 0.25) is 0 Å². The standard InChI is InChI=1S/C6H4NO/c8-5-6-2-1-3-7-4-6/h1,3H,2H2. The van der Waals surface area contributed by atoms with Gasteiger partial charge in [-0.25, -0.2) is 4.79 Å². The van der Waals surface area contributed by atoms with Gasteiger partial charge in [0.15, 0.2) is 0 Å². The van der Waals surface area contributed by atoms with E-state index >= 15 is 0 Å². The number of allylic oxidation sites excluding steroid dienone is 2. The summed E-state index contributed by atoms with van der Waals surface area (Å²) in [6.45, 7) is 0. The highest BCUT2D eigenvalue weighted by atomic mass is 16.1. The van der Waals surface area contributed by atoms with Crippen LogP contribution in [-0.4, -0.2) is 12.2 Å². The van der Waals surface area contributed by atoms with Gasteiger partial charge in [0.1, 0.15) is 12.2 Å². The number of aliphatic imine (C=N–C) groups is 1. The van der Waals surface area contributed by atoms with Gasteiger partial charge in [0.05, 0.1) is 5.57 Å². The Hall–Kier alpha value is -1.14. The average Bonchev–Trinajstić information content (AvgIpc) is 1.90. The summed E-state index contributed by atoms with van der Waals surface area (Å²) in [5, 5.41) is 0. The first-order chi connectivity index (χ1) is 3.93. The lowest BCUT2D eigenvalue weighted by Gasteiger charge is -1.90. The molecular formula is C6H4NO. The van der Waals surface area contributed by atoms with Gasteiger partial charge >= 0.3 is 0 Å². The van der Waals surface area contributed by atoms with Crippen molar-refractivity contribution in [3.63, 3.8) is 0 Å². The quantitative estimate of drug-likeness (QED) is 0.416. The Morgan fingerprint density at radius 1 is 1.88 bits per heavy atom. The second-order valence-corrected chi connectivity index (χ2v) is 1.41. The zero-order valence-electron chi connectivity index (χ0n) is 4.22. The van der Waals surface area contributed by atoms with Gasteiger partial charge < -0.3 is 0 Å². The lowest BCUT2D eigenvalue weighted by molar-refractivity contribution is 0.567. The Balaban J connectivity index is 2.80. The third-order valence-corrected chi connectivity index (χ3v) is 0.825. The van der Waals surface area contributed by atoms with Crippen molar-refractivity contribution in [3.8, 4) is 0 Å². The third-order valence-electron chi connectivity index (χ3n) is 0.825. The van der Waals surface area contributed by atoms with Gasteiger partial charge in [-0.05, 0) is 0 Å². The van der Waals surface area contributed by atoms with Crippen LogP contribution in [0.1, 0.15) is 6.42 Å². The van der Waals surface area contributed by atoms with Gasteiger partial charge in [-0.1, -0.05) is 6.08 Å². The Labute approximate surface area is 47.2 Å². The van der Waals surface area contributed by atoms with Crippen LogP contribution in [0.25, 0.3) is 0 Å². The van der Waals surface area contributed by atoms with Gasteiger partial charge in [-0.2, -0.15) is 0 Å². The number of hydrogen-bond acceptors (Lipinski definition) is 2. The topological polar surface area (TPSA) is 29.4 Å². The van der Waals surface area contributed by atoms with Crippen molar-refractivity contribution in [2.24, 2.45) is 4.99 Å². The van der Waals surface area contributed by atoms with Crippen LogP contribution in [0.4, 0.5) is 0 Å². The van der Waals surface area contributed by atoms with Gasteiger partial charge in [-0.3, -0.25) is 4.99 Å². The molecule has 0 aromatic carbocycles. The maximum absolute atomic E-state index is 9.84. The van der Waals surface area contributed by atoms with E-state index in [4.69, 9.17) is 0 Å². The molecule has 1 rings (SSSR count). The molecule has 2 nitrogen and oxygen atoms in total. The lowest BCUT2D eigenvalue weighted by atomic mass is 10.2. The maximum atomic E-state index is 9.84. The van der Waals surface area contributed by atoms with E-state index in [1.54, 1.807) is 18.2 Å². The molecule has 0 fully saturated rings. The van der Waals surface area contributed by atoms with Gasteiger partial charge in [0.25, 0.3) is 0 Å². The molecule has 1 heterocycles.